The van der Waals surface area contributed by atoms with Crippen LogP contribution in [0.3, 0.4) is 0 Å². The summed E-state index contributed by atoms with van der Waals surface area (Å²) in [5.74, 6) is 0. The summed E-state index contributed by atoms with van der Waals surface area (Å²) in [4.78, 5) is 0. The molecular formula is C19H17N. The summed E-state index contributed by atoms with van der Waals surface area (Å²) < 4.78 is 0. The summed E-state index contributed by atoms with van der Waals surface area (Å²) in [6.07, 6.45) is 0. The van der Waals surface area contributed by atoms with Gasteiger partial charge in [-0.25, -0.2) is 0 Å². The molecule has 0 fully saturated rings. The van der Waals surface area contributed by atoms with E-state index in [1.807, 2.05) is 18.2 Å². The Bertz CT molecular complexity index is 716. The molecule has 0 aromatic heterocycles. The van der Waals surface area contributed by atoms with E-state index >= 15 is 0 Å². The minimum Gasteiger partial charge on any atom is -0.398 e. The van der Waals surface area contributed by atoms with Gasteiger partial charge in [0.05, 0.1) is 0 Å². The van der Waals surface area contributed by atoms with Crippen molar-refractivity contribution >= 4 is 5.69 Å². The fourth-order valence-corrected chi connectivity index (χ4v) is 2.56. The summed E-state index contributed by atoms with van der Waals surface area (Å²) in [5, 5.41) is 0. The van der Waals surface area contributed by atoms with Gasteiger partial charge in [-0.2, -0.15) is 0 Å². The standard InChI is InChI=1S/C19H17N/c1-14-18(20)13-12-17(15-8-4-2-5-9-15)19(14)16-10-6-3-7-11-16/h2-13H,20H2,1H3. The maximum atomic E-state index is 6.10. The molecule has 0 aliphatic rings. The number of benzene rings is 3. The van der Waals surface area contributed by atoms with E-state index in [2.05, 4.69) is 61.5 Å². The van der Waals surface area contributed by atoms with Gasteiger partial charge in [-0.3, -0.25) is 0 Å². The van der Waals surface area contributed by atoms with Crippen LogP contribution in [0, 0.1) is 6.92 Å². The van der Waals surface area contributed by atoms with Crippen LogP contribution in [-0.4, -0.2) is 0 Å². The van der Waals surface area contributed by atoms with Crippen LogP contribution in [0.1, 0.15) is 5.56 Å². The van der Waals surface area contributed by atoms with Crippen molar-refractivity contribution in [2.45, 2.75) is 6.92 Å². The summed E-state index contributed by atoms with van der Waals surface area (Å²) in [5.41, 5.74) is 12.9. The van der Waals surface area contributed by atoms with E-state index in [1.54, 1.807) is 0 Å². The Morgan fingerprint density at radius 3 is 1.80 bits per heavy atom. The van der Waals surface area contributed by atoms with Gasteiger partial charge in [-0.05, 0) is 40.8 Å². The molecule has 0 saturated carbocycles. The first kappa shape index (κ1) is 12.5. The Balaban J connectivity index is 2.29. The Morgan fingerprint density at radius 1 is 0.650 bits per heavy atom. The molecule has 0 radical (unpaired) electrons. The normalized spacial score (nSPS) is 10.4. The van der Waals surface area contributed by atoms with Crippen LogP contribution in [0.5, 0.6) is 0 Å². The number of hydrogen-bond donors (Lipinski definition) is 1. The highest BCUT2D eigenvalue weighted by Crippen LogP contribution is 2.36. The average Bonchev–Trinajstić information content (AvgIpc) is 2.51. The third-order valence-electron chi connectivity index (χ3n) is 3.65. The predicted molar refractivity (Wildman–Crippen MR) is 86.5 cm³/mol. The first-order valence-electron chi connectivity index (χ1n) is 6.77. The first-order chi connectivity index (χ1) is 9.77. The molecule has 20 heavy (non-hydrogen) atoms. The lowest BCUT2D eigenvalue weighted by Crippen LogP contribution is -1.95. The topological polar surface area (TPSA) is 26.0 Å². The third kappa shape index (κ3) is 2.19. The highest BCUT2D eigenvalue weighted by Gasteiger charge is 2.11. The van der Waals surface area contributed by atoms with Crippen LogP contribution in [0.15, 0.2) is 72.8 Å². The van der Waals surface area contributed by atoms with Gasteiger partial charge >= 0.3 is 0 Å². The Hall–Kier alpha value is -2.54. The van der Waals surface area contributed by atoms with E-state index in [4.69, 9.17) is 5.73 Å². The molecule has 0 bridgehead atoms. The maximum Gasteiger partial charge on any atom is 0.0350 e. The van der Waals surface area contributed by atoms with E-state index < -0.39 is 0 Å². The number of anilines is 1. The molecule has 0 heterocycles. The Morgan fingerprint density at radius 2 is 1.20 bits per heavy atom. The molecule has 3 aromatic carbocycles. The van der Waals surface area contributed by atoms with Crippen molar-refractivity contribution in [1.82, 2.24) is 0 Å². The summed E-state index contributed by atoms with van der Waals surface area (Å²) in [6.45, 7) is 2.09. The monoisotopic (exact) mass is 259 g/mol. The molecule has 3 aromatic rings. The SMILES string of the molecule is Cc1c(N)ccc(-c2ccccc2)c1-c1ccccc1. The van der Waals surface area contributed by atoms with Crippen LogP contribution < -0.4 is 5.73 Å². The molecule has 2 N–H and O–H groups in total. The van der Waals surface area contributed by atoms with E-state index in [0.717, 1.165) is 11.3 Å². The smallest absolute Gasteiger partial charge is 0.0350 e. The van der Waals surface area contributed by atoms with Crippen LogP contribution in [0.4, 0.5) is 5.69 Å². The van der Waals surface area contributed by atoms with Crippen molar-refractivity contribution in [3.63, 3.8) is 0 Å². The molecule has 98 valence electrons. The highest BCUT2D eigenvalue weighted by molar-refractivity contribution is 5.88. The zero-order chi connectivity index (χ0) is 13.9. The van der Waals surface area contributed by atoms with E-state index in [0.29, 0.717) is 0 Å². The fraction of sp³-hybridized carbons (Fsp3) is 0.0526. The van der Waals surface area contributed by atoms with Gasteiger partial charge in [0.2, 0.25) is 0 Å². The number of rotatable bonds is 2. The van der Waals surface area contributed by atoms with E-state index in [1.165, 1.54) is 22.3 Å². The number of nitrogen functional groups attached to an aromatic ring is 1. The van der Waals surface area contributed by atoms with Gasteiger partial charge in [-0.15, -0.1) is 0 Å². The van der Waals surface area contributed by atoms with E-state index in [9.17, 15) is 0 Å². The second-order valence-corrected chi connectivity index (χ2v) is 4.93. The Kier molecular flexibility index (Phi) is 3.26. The fourth-order valence-electron chi connectivity index (χ4n) is 2.56. The second-order valence-electron chi connectivity index (χ2n) is 4.93. The molecule has 3 rings (SSSR count). The Labute approximate surface area is 119 Å². The predicted octanol–water partition coefficient (Wildman–Crippen LogP) is 4.91. The zero-order valence-electron chi connectivity index (χ0n) is 11.5. The van der Waals surface area contributed by atoms with Crippen molar-refractivity contribution in [2.24, 2.45) is 0 Å². The molecule has 1 heteroatoms. The van der Waals surface area contributed by atoms with Crippen LogP contribution in [-0.2, 0) is 0 Å². The molecule has 0 aliphatic carbocycles. The second kappa shape index (κ2) is 5.22. The van der Waals surface area contributed by atoms with E-state index in [-0.39, 0.29) is 0 Å². The third-order valence-corrected chi connectivity index (χ3v) is 3.65. The molecule has 0 aliphatic heterocycles. The highest BCUT2D eigenvalue weighted by atomic mass is 14.6. The van der Waals surface area contributed by atoms with Gasteiger partial charge < -0.3 is 5.73 Å². The largest absolute Gasteiger partial charge is 0.398 e. The lowest BCUT2D eigenvalue weighted by atomic mass is 9.90. The van der Waals surface area contributed by atoms with Crippen LogP contribution in [0.25, 0.3) is 22.3 Å². The lowest BCUT2D eigenvalue weighted by Gasteiger charge is -2.15. The first-order valence-corrected chi connectivity index (χ1v) is 6.77. The molecule has 0 saturated heterocycles. The summed E-state index contributed by atoms with van der Waals surface area (Å²) in [6, 6.07) is 25.0. The zero-order valence-corrected chi connectivity index (χ0v) is 11.5. The number of nitrogens with two attached hydrogens (primary N) is 1. The molecule has 0 atom stereocenters. The van der Waals surface area contributed by atoms with Gasteiger partial charge in [0, 0.05) is 5.69 Å². The quantitative estimate of drug-likeness (QED) is 0.650. The maximum absolute atomic E-state index is 6.10. The average molecular weight is 259 g/mol. The molecule has 0 amide bonds. The van der Waals surface area contributed by atoms with Gasteiger partial charge in [-0.1, -0.05) is 66.7 Å². The summed E-state index contributed by atoms with van der Waals surface area (Å²) in [7, 11) is 0. The molecular weight excluding hydrogens is 242 g/mol. The molecule has 1 nitrogen and oxygen atoms in total. The van der Waals surface area contributed by atoms with Crippen molar-refractivity contribution in [3.8, 4) is 22.3 Å². The van der Waals surface area contributed by atoms with Crippen LogP contribution >= 0.6 is 0 Å². The minimum absolute atomic E-state index is 0.837. The van der Waals surface area contributed by atoms with Crippen molar-refractivity contribution in [2.75, 3.05) is 5.73 Å². The van der Waals surface area contributed by atoms with Crippen molar-refractivity contribution in [1.29, 1.82) is 0 Å². The van der Waals surface area contributed by atoms with Crippen molar-refractivity contribution in [3.05, 3.63) is 78.4 Å². The van der Waals surface area contributed by atoms with Gasteiger partial charge in [0.15, 0.2) is 0 Å². The minimum atomic E-state index is 0.837. The molecule has 0 spiro atoms. The lowest BCUT2D eigenvalue weighted by molar-refractivity contribution is 1.45. The van der Waals surface area contributed by atoms with Gasteiger partial charge in [0.25, 0.3) is 0 Å². The van der Waals surface area contributed by atoms with Gasteiger partial charge in [0.1, 0.15) is 0 Å². The number of hydrogen-bond acceptors (Lipinski definition) is 1. The summed E-state index contributed by atoms with van der Waals surface area (Å²) >= 11 is 0. The van der Waals surface area contributed by atoms with Crippen molar-refractivity contribution < 1.29 is 0 Å². The molecule has 0 unspecified atom stereocenters. The van der Waals surface area contributed by atoms with Crippen LogP contribution in [0.2, 0.25) is 0 Å².